The van der Waals surface area contributed by atoms with Crippen molar-refractivity contribution in [1.29, 1.82) is 0 Å². The fraction of sp³-hybridized carbons (Fsp3) is 0.111. The van der Waals surface area contributed by atoms with Gasteiger partial charge in [0.25, 0.3) is 0 Å². The van der Waals surface area contributed by atoms with E-state index < -0.39 is 16.0 Å². The Morgan fingerprint density at radius 3 is 2.45 bits per heavy atom. The molecule has 0 amide bonds. The number of para-hydroxylation sites is 2. The van der Waals surface area contributed by atoms with Crippen LogP contribution in [0, 0.1) is 0 Å². The van der Waals surface area contributed by atoms with Crippen LogP contribution < -0.4 is 15.8 Å². The average Bonchev–Trinajstić information content (AvgIpc) is 2.66. The summed E-state index contributed by atoms with van der Waals surface area (Å²) in [5.41, 5.74) is 6.63. The second-order valence-corrected chi connectivity index (χ2v) is 7.67. The van der Waals surface area contributed by atoms with Crippen molar-refractivity contribution in [2.45, 2.75) is 6.61 Å². The van der Waals surface area contributed by atoms with Crippen LogP contribution in [0.4, 0.5) is 23.3 Å². The number of nitrogens with one attached hydrogen (secondary N) is 2. The molecule has 0 aliphatic carbocycles. The molecule has 0 fully saturated rings. The van der Waals surface area contributed by atoms with E-state index in [2.05, 4.69) is 25.0 Å². The van der Waals surface area contributed by atoms with Gasteiger partial charge in [0.15, 0.2) is 12.4 Å². The largest absolute Gasteiger partial charge is 0.454 e. The van der Waals surface area contributed by atoms with E-state index >= 15 is 0 Å². The van der Waals surface area contributed by atoms with Crippen LogP contribution in [-0.2, 0) is 21.4 Å². The van der Waals surface area contributed by atoms with Gasteiger partial charge in [0.1, 0.15) is 0 Å². The second kappa shape index (κ2) is 8.52. The Morgan fingerprint density at radius 2 is 1.72 bits per heavy atom. The number of benzene rings is 2. The van der Waals surface area contributed by atoms with Crippen molar-refractivity contribution in [1.82, 2.24) is 15.0 Å². The van der Waals surface area contributed by atoms with Crippen molar-refractivity contribution in [2.75, 3.05) is 22.0 Å². The Bertz CT molecular complexity index is 1120. The second-order valence-electron chi connectivity index (χ2n) is 5.92. The first-order valence-corrected chi connectivity index (χ1v) is 10.3. The van der Waals surface area contributed by atoms with Crippen LogP contribution in [-0.4, -0.2) is 35.6 Å². The van der Waals surface area contributed by atoms with E-state index in [4.69, 9.17) is 10.5 Å². The summed E-state index contributed by atoms with van der Waals surface area (Å²) >= 11 is 0. The number of anilines is 4. The highest BCUT2D eigenvalue weighted by molar-refractivity contribution is 7.92. The number of ether oxygens (including phenoxy) is 1. The first-order chi connectivity index (χ1) is 13.8. The van der Waals surface area contributed by atoms with Crippen molar-refractivity contribution in [3.63, 3.8) is 0 Å². The summed E-state index contributed by atoms with van der Waals surface area (Å²) in [4.78, 5) is 24.5. The van der Waals surface area contributed by atoms with Gasteiger partial charge in [-0.05, 0) is 24.3 Å². The standard InChI is InChI=1S/C18H18N6O4S/c1-29(26,27)24-14-10-6-5-9-13(14)16(25)28-11-15-21-17(19)23-18(22-15)20-12-7-3-2-4-8-12/h2-10,24H,11H2,1H3,(H3,19,20,21,22,23). The third-order valence-electron chi connectivity index (χ3n) is 3.50. The first kappa shape index (κ1) is 20.0. The minimum atomic E-state index is -3.56. The molecule has 4 N–H and O–H groups in total. The van der Waals surface area contributed by atoms with Crippen LogP contribution in [0.5, 0.6) is 0 Å². The van der Waals surface area contributed by atoms with Gasteiger partial charge in [0.2, 0.25) is 21.9 Å². The summed E-state index contributed by atoms with van der Waals surface area (Å²) in [7, 11) is -3.56. The number of aromatic nitrogens is 3. The zero-order valence-corrected chi connectivity index (χ0v) is 16.2. The predicted octanol–water partition coefficient (Wildman–Crippen LogP) is 1.93. The molecule has 0 bridgehead atoms. The maximum Gasteiger partial charge on any atom is 0.340 e. The zero-order chi connectivity index (χ0) is 20.9. The summed E-state index contributed by atoms with van der Waals surface area (Å²) in [6.45, 7) is -0.276. The highest BCUT2D eigenvalue weighted by Gasteiger charge is 2.16. The zero-order valence-electron chi connectivity index (χ0n) is 15.4. The van der Waals surface area contributed by atoms with Gasteiger partial charge < -0.3 is 15.8 Å². The monoisotopic (exact) mass is 414 g/mol. The van der Waals surface area contributed by atoms with E-state index in [0.29, 0.717) is 0 Å². The van der Waals surface area contributed by atoms with Crippen molar-refractivity contribution in [2.24, 2.45) is 0 Å². The van der Waals surface area contributed by atoms with E-state index in [1.165, 1.54) is 12.1 Å². The Balaban J connectivity index is 1.73. The number of carbonyl (C=O) groups is 1. The molecule has 29 heavy (non-hydrogen) atoms. The van der Waals surface area contributed by atoms with Crippen LogP contribution in [0.2, 0.25) is 0 Å². The molecule has 0 aliphatic heterocycles. The highest BCUT2D eigenvalue weighted by atomic mass is 32.2. The van der Waals surface area contributed by atoms with Crippen molar-refractivity contribution in [3.8, 4) is 0 Å². The summed E-state index contributed by atoms with van der Waals surface area (Å²) in [6, 6.07) is 15.3. The lowest BCUT2D eigenvalue weighted by atomic mass is 10.2. The lowest BCUT2D eigenvalue weighted by molar-refractivity contribution is 0.0463. The molecule has 1 heterocycles. The number of carbonyl (C=O) groups excluding carboxylic acids is 1. The molecule has 0 spiro atoms. The molecule has 0 aliphatic rings. The number of rotatable bonds is 7. The van der Waals surface area contributed by atoms with Gasteiger partial charge in [-0.2, -0.15) is 15.0 Å². The van der Waals surface area contributed by atoms with Gasteiger partial charge in [0, 0.05) is 5.69 Å². The quantitative estimate of drug-likeness (QED) is 0.493. The molecule has 0 unspecified atom stereocenters. The van der Waals surface area contributed by atoms with Gasteiger partial charge >= 0.3 is 5.97 Å². The number of nitrogens with two attached hydrogens (primary N) is 1. The van der Waals surface area contributed by atoms with E-state index in [9.17, 15) is 13.2 Å². The molecule has 0 saturated carbocycles. The smallest absolute Gasteiger partial charge is 0.340 e. The molecule has 11 heteroatoms. The van der Waals surface area contributed by atoms with Crippen LogP contribution >= 0.6 is 0 Å². The fourth-order valence-electron chi connectivity index (χ4n) is 2.37. The molecule has 1 aromatic heterocycles. The lowest BCUT2D eigenvalue weighted by Crippen LogP contribution is -2.15. The van der Waals surface area contributed by atoms with E-state index in [0.717, 1.165) is 11.9 Å². The molecule has 150 valence electrons. The average molecular weight is 414 g/mol. The minimum absolute atomic E-state index is 0.0383. The van der Waals surface area contributed by atoms with Crippen molar-refractivity contribution in [3.05, 3.63) is 66.0 Å². The normalized spacial score (nSPS) is 10.9. The Kier molecular flexibility index (Phi) is 5.88. The molecule has 0 atom stereocenters. The van der Waals surface area contributed by atoms with Crippen molar-refractivity contribution < 1.29 is 17.9 Å². The molecule has 0 radical (unpaired) electrons. The van der Waals surface area contributed by atoms with Crippen LogP contribution in [0.15, 0.2) is 54.6 Å². The maximum atomic E-state index is 12.4. The van der Waals surface area contributed by atoms with E-state index in [-0.39, 0.29) is 35.6 Å². The topological polar surface area (TPSA) is 149 Å². The Morgan fingerprint density at radius 1 is 1.03 bits per heavy atom. The molecule has 2 aromatic carbocycles. The van der Waals surface area contributed by atoms with E-state index in [1.807, 2.05) is 30.3 Å². The predicted molar refractivity (Wildman–Crippen MR) is 108 cm³/mol. The minimum Gasteiger partial charge on any atom is -0.454 e. The molecular formula is C18H18N6O4S. The summed E-state index contributed by atoms with van der Waals surface area (Å²) in [6.07, 6.45) is 0.990. The van der Waals surface area contributed by atoms with Crippen LogP contribution in [0.25, 0.3) is 0 Å². The Hall–Kier alpha value is -3.73. The van der Waals surface area contributed by atoms with Gasteiger partial charge in [-0.3, -0.25) is 4.72 Å². The summed E-state index contributed by atoms with van der Waals surface area (Å²) in [5.74, 6) is -0.441. The number of hydrogen-bond acceptors (Lipinski definition) is 9. The summed E-state index contributed by atoms with van der Waals surface area (Å²) in [5, 5.41) is 2.98. The summed E-state index contributed by atoms with van der Waals surface area (Å²) < 4.78 is 30.4. The number of sulfonamides is 1. The van der Waals surface area contributed by atoms with Gasteiger partial charge in [-0.25, -0.2) is 13.2 Å². The third-order valence-corrected chi connectivity index (χ3v) is 4.09. The van der Waals surface area contributed by atoms with Crippen LogP contribution in [0.1, 0.15) is 16.2 Å². The fourth-order valence-corrected chi connectivity index (χ4v) is 2.94. The molecule has 3 rings (SSSR count). The van der Waals surface area contributed by atoms with Crippen molar-refractivity contribution >= 4 is 39.3 Å². The van der Waals surface area contributed by atoms with Gasteiger partial charge in [0.05, 0.1) is 17.5 Å². The number of nitrogen functional groups attached to an aromatic ring is 1. The molecule has 3 aromatic rings. The molecular weight excluding hydrogens is 396 g/mol. The third kappa shape index (κ3) is 5.87. The maximum absolute atomic E-state index is 12.4. The van der Waals surface area contributed by atoms with Crippen LogP contribution in [0.3, 0.4) is 0 Å². The lowest BCUT2D eigenvalue weighted by Gasteiger charge is -2.11. The molecule has 0 saturated heterocycles. The first-order valence-electron chi connectivity index (χ1n) is 8.36. The van der Waals surface area contributed by atoms with Gasteiger partial charge in [-0.15, -0.1) is 0 Å². The molecule has 10 nitrogen and oxygen atoms in total. The number of hydrogen-bond donors (Lipinski definition) is 3. The van der Waals surface area contributed by atoms with Gasteiger partial charge in [-0.1, -0.05) is 30.3 Å². The number of nitrogens with zero attached hydrogens (tertiary/aromatic N) is 3. The SMILES string of the molecule is CS(=O)(=O)Nc1ccccc1C(=O)OCc1nc(N)nc(Nc2ccccc2)n1. The Labute approximate surface area is 167 Å². The highest BCUT2D eigenvalue weighted by Crippen LogP contribution is 2.18. The number of esters is 1. The van der Waals surface area contributed by atoms with E-state index in [1.54, 1.807) is 12.1 Å².